The van der Waals surface area contributed by atoms with Crippen molar-refractivity contribution >= 4 is 17.9 Å². The van der Waals surface area contributed by atoms with Crippen LogP contribution in [0.5, 0.6) is 0 Å². The first-order valence-corrected chi connectivity index (χ1v) is 6.62. The molecule has 9 nitrogen and oxygen atoms in total. The molecular formula is C12H16N2O7. The fraction of sp³-hybridized carbons (Fsp3) is 0.750. The predicted molar refractivity (Wildman–Crippen MR) is 64.6 cm³/mol. The number of hydrogen-bond acceptors (Lipinski definition) is 7. The summed E-state index contributed by atoms with van der Waals surface area (Å²) in [4.78, 5) is 35.9. The molecule has 0 aliphatic carbocycles. The van der Waals surface area contributed by atoms with E-state index < -0.39 is 48.2 Å². The number of nitrogens with zero attached hydrogens (tertiary/aromatic N) is 1. The maximum atomic E-state index is 12.0. The normalized spacial score (nSPS) is 41.6. The van der Waals surface area contributed by atoms with Crippen molar-refractivity contribution in [3.8, 4) is 0 Å². The molecule has 3 aliphatic rings. The van der Waals surface area contributed by atoms with E-state index in [-0.39, 0.29) is 13.0 Å². The monoisotopic (exact) mass is 300 g/mol. The highest BCUT2D eigenvalue weighted by Gasteiger charge is 2.68. The molecule has 3 amide bonds. The molecule has 0 saturated carbocycles. The van der Waals surface area contributed by atoms with Crippen LogP contribution in [-0.4, -0.2) is 64.8 Å². The van der Waals surface area contributed by atoms with Crippen LogP contribution in [0.2, 0.25) is 0 Å². The maximum absolute atomic E-state index is 12.0. The molecule has 1 unspecified atom stereocenters. The summed E-state index contributed by atoms with van der Waals surface area (Å²) in [6, 6.07) is -0.620. The summed E-state index contributed by atoms with van der Waals surface area (Å²) in [5, 5.41) is 11.5. The van der Waals surface area contributed by atoms with E-state index in [1.807, 2.05) is 0 Å². The number of aliphatic hydroxyl groups excluding tert-OH is 1. The highest BCUT2D eigenvalue weighted by atomic mass is 16.7. The van der Waals surface area contributed by atoms with E-state index >= 15 is 0 Å². The van der Waals surface area contributed by atoms with Gasteiger partial charge in [-0.05, 0) is 6.92 Å². The second kappa shape index (κ2) is 4.65. The lowest BCUT2D eigenvalue weighted by molar-refractivity contribution is -0.150. The van der Waals surface area contributed by atoms with Gasteiger partial charge in [0.05, 0.1) is 6.61 Å². The lowest BCUT2D eigenvalue weighted by Crippen LogP contribution is -2.59. The molecule has 0 aromatic carbocycles. The summed E-state index contributed by atoms with van der Waals surface area (Å²) in [7, 11) is 0. The Hall–Kier alpha value is -1.71. The number of aliphatic hydroxyl groups is 1. The summed E-state index contributed by atoms with van der Waals surface area (Å²) < 4.78 is 15.9. The standard InChI is InChI=1S/C12H16N2O7/c1-5(16)19-6-3-8(20-7(6)4-15)14-10-12(2,21-10)9(17)13-11(14)18/h6-8,10,15H,3-4H2,1-2H3,(H,13,17,18)/t6-,7+,8+,10?,12-/m0/s1. The largest absolute Gasteiger partial charge is 0.460 e. The molecule has 2 N–H and O–H groups in total. The van der Waals surface area contributed by atoms with Crippen LogP contribution >= 0.6 is 0 Å². The van der Waals surface area contributed by atoms with Crippen LogP contribution in [0, 0.1) is 0 Å². The van der Waals surface area contributed by atoms with Gasteiger partial charge in [0.15, 0.2) is 11.8 Å². The van der Waals surface area contributed by atoms with Gasteiger partial charge < -0.3 is 19.3 Å². The summed E-state index contributed by atoms with van der Waals surface area (Å²) in [5.74, 6) is -0.976. The van der Waals surface area contributed by atoms with Gasteiger partial charge in [0.1, 0.15) is 18.4 Å². The van der Waals surface area contributed by atoms with Gasteiger partial charge in [0.2, 0.25) is 0 Å². The smallest absolute Gasteiger partial charge is 0.328 e. The molecule has 3 fully saturated rings. The molecule has 0 spiro atoms. The topological polar surface area (TPSA) is 118 Å². The van der Waals surface area contributed by atoms with Crippen molar-refractivity contribution in [3.05, 3.63) is 0 Å². The number of epoxide rings is 1. The average Bonchev–Trinajstić information content (AvgIpc) is 2.93. The third kappa shape index (κ3) is 2.17. The first-order chi connectivity index (χ1) is 9.86. The van der Waals surface area contributed by atoms with Crippen LogP contribution in [-0.2, 0) is 23.8 Å². The minimum absolute atomic E-state index is 0.211. The Morgan fingerprint density at radius 3 is 2.90 bits per heavy atom. The van der Waals surface area contributed by atoms with Crippen molar-refractivity contribution in [3.63, 3.8) is 0 Å². The SMILES string of the molecule is CC(=O)O[C@H]1C[C@H](N2C(=O)NC(=O)[C@]3(C)OC23)O[C@@H]1CO. The van der Waals surface area contributed by atoms with E-state index in [0.717, 1.165) is 0 Å². The molecule has 9 heteroatoms. The van der Waals surface area contributed by atoms with Gasteiger partial charge in [-0.15, -0.1) is 0 Å². The highest BCUT2D eigenvalue weighted by Crippen LogP contribution is 2.44. The van der Waals surface area contributed by atoms with Gasteiger partial charge in [0, 0.05) is 13.3 Å². The second-order valence-corrected chi connectivity index (χ2v) is 5.44. The number of esters is 1. The fourth-order valence-corrected chi connectivity index (χ4v) is 2.73. The molecule has 5 atom stereocenters. The Kier molecular flexibility index (Phi) is 3.15. The lowest BCUT2D eigenvalue weighted by atomic mass is 10.1. The first-order valence-electron chi connectivity index (χ1n) is 6.62. The second-order valence-electron chi connectivity index (χ2n) is 5.44. The van der Waals surface area contributed by atoms with E-state index in [2.05, 4.69) is 5.32 Å². The van der Waals surface area contributed by atoms with Gasteiger partial charge in [-0.1, -0.05) is 0 Å². The van der Waals surface area contributed by atoms with Crippen LogP contribution in [0.3, 0.4) is 0 Å². The number of hydrogen-bond donors (Lipinski definition) is 2. The molecule has 0 aromatic rings. The number of carbonyl (C=O) groups is 3. The Bertz CT molecular complexity index is 510. The zero-order valence-electron chi connectivity index (χ0n) is 11.6. The van der Waals surface area contributed by atoms with E-state index in [9.17, 15) is 19.5 Å². The third-order valence-electron chi connectivity index (χ3n) is 3.92. The number of ether oxygens (including phenoxy) is 3. The zero-order valence-corrected chi connectivity index (χ0v) is 11.6. The van der Waals surface area contributed by atoms with Crippen LogP contribution < -0.4 is 5.32 Å². The number of amides is 3. The molecule has 21 heavy (non-hydrogen) atoms. The molecule has 0 radical (unpaired) electrons. The van der Waals surface area contributed by atoms with Gasteiger partial charge in [0.25, 0.3) is 5.91 Å². The molecule has 3 aliphatic heterocycles. The quantitative estimate of drug-likeness (QED) is 0.491. The maximum Gasteiger partial charge on any atom is 0.328 e. The minimum Gasteiger partial charge on any atom is -0.460 e. The van der Waals surface area contributed by atoms with E-state index in [1.165, 1.54) is 11.8 Å². The average molecular weight is 300 g/mol. The van der Waals surface area contributed by atoms with Crippen molar-refractivity contribution in [2.75, 3.05) is 6.61 Å². The van der Waals surface area contributed by atoms with E-state index in [1.54, 1.807) is 6.92 Å². The number of carbonyl (C=O) groups excluding carboxylic acids is 3. The Balaban J connectivity index is 1.74. The van der Waals surface area contributed by atoms with Crippen molar-refractivity contribution in [2.24, 2.45) is 0 Å². The molecule has 116 valence electrons. The summed E-state index contributed by atoms with van der Waals surface area (Å²) in [5.41, 5.74) is -1.06. The van der Waals surface area contributed by atoms with Crippen molar-refractivity contribution in [1.82, 2.24) is 10.2 Å². The highest BCUT2D eigenvalue weighted by molar-refractivity contribution is 6.03. The zero-order chi connectivity index (χ0) is 15.4. The van der Waals surface area contributed by atoms with Crippen molar-refractivity contribution < 1.29 is 33.7 Å². The fourth-order valence-electron chi connectivity index (χ4n) is 2.73. The predicted octanol–water partition coefficient (Wildman–Crippen LogP) is -1.31. The number of urea groups is 1. The summed E-state index contributed by atoms with van der Waals surface area (Å²) >= 11 is 0. The van der Waals surface area contributed by atoms with Gasteiger partial charge >= 0.3 is 12.0 Å². The summed E-state index contributed by atoms with van der Waals surface area (Å²) in [6.45, 7) is 2.50. The molecule has 3 saturated heterocycles. The van der Waals surface area contributed by atoms with E-state index in [4.69, 9.17) is 14.2 Å². The Labute approximate surface area is 120 Å². The van der Waals surface area contributed by atoms with Gasteiger partial charge in [-0.2, -0.15) is 0 Å². The van der Waals surface area contributed by atoms with Crippen LogP contribution in [0.15, 0.2) is 0 Å². The number of nitrogens with one attached hydrogen (secondary N) is 1. The molecule has 0 aromatic heterocycles. The number of imide groups is 1. The number of rotatable bonds is 3. The van der Waals surface area contributed by atoms with Crippen molar-refractivity contribution in [1.29, 1.82) is 0 Å². The van der Waals surface area contributed by atoms with Crippen LogP contribution in [0.4, 0.5) is 4.79 Å². The van der Waals surface area contributed by atoms with E-state index in [0.29, 0.717) is 0 Å². The van der Waals surface area contributed by atoms with Gasteiger partial charge in [-0.25, -0.2) is 4.79 Å². The number of fused-ring (bicyclic) bond motifs is 1. The molecule has 0 bridgehead atoms. The van der Waals surface area contributed by atoms with Crippen LogP contribution in [0.1, 0.15) is 20.3 Å². The van der Waals surface area contributed by atoms with Crippen molar-refractivity contribution in [2.45, 2.75) is 50.5 Å². The lowest BCUT2D eigenvalue weighted by Gasteiger charge is -2.30. The summed E-state index contributed by atoms with van der Waals surface area (Å²) in [6.07, 6.45) is -2.57. The minimum atomic E-state index is -1.06. The Morgan fingerprint density at radius 2 is 2.29 bits per heavy atom. The first kappa shape index (κ1) is 14.2. The molecule has 3 rings (SSSR count). The molecule has 3 heterocycles. The van der Waals surface area contributed by atoms with Crippen LogP contribution in [0.25, 0.3) is 0 Å². The molecular weight excluding hydrogens is 284 g/mol. The van der Waals surface area contributed by atoms with Gasteiger partial charge in [-0.3, -0.25) is 19.8 Å². The Morgan fingerprint density at radius 1 is 1.57 bits per heavy atom. The third-order valence-corrected chi connectivity index (χ3v) is 3.92.